The number of fused-ring (bicyclic) bond motifs is 1. The van der Waals surface area contributed by atoms with Gasteiger partial charge < -0.3 is 15.9 Å². The Morgan fingerprint density at radius 1 is 1.25 bits per heavy atom. The molecule has 0 fully saturated rings. The van der Waals surface area contributed by atoms with E-state index >= 15 is 0 Å². The molecule has 12 heavy (non-hydrogen) atoms. The van der Waals surface area contributed by atoms with Crippen LogP contribution in [0.2, 0.25) is 0 Å². The van der Waals surface area contributed by atoms with Crippen molar-refractivity contribution in [3.63, 3.8) is 0 Å². The van der Waals surface area contributed by atoms with Crippen molar-refractivity contribution in [2.45, 2.75) is 0 Å². The Hall–Kier alpha value is -1.42. The van der Waals surface area contributed by atoms with Crippen LogP contribution in [-0.2, 0) is 0 Å². The average molecular weight is 181 g/mol. The zero-order chi connectivity index (χ0) is 8.72. The molecular weight excluding hydrogens is 174 g/mol. The molecule has 1 aromatic heterocycles. The molecule has 4 heteroatoms. The van der Waals surface area contributed by atoms with Crippen LogP contribution in [0.25, 0.3) is 10.1 Å². The number of nitrogens with two attached hydrogens (primary N) is 1. The highest BCUT2D eigenvalue weighted by Crippen LogP contribution is 2.37. The topological polar surface area (TPSA) is 66.5 Å². The lowest BCUT2D eigenvalue weighted by atomic mass is 10.2. The van der Waals surface area contributed by atoms with Crippen LogP contribution < -0.4 is 5.73 Å². The number of aromatic hydroxyl groups is 2. The summed E-state index contributed by atoms with van der Waals surface area (Å²) in [6.07, 6.45) is 0. The van der Waals surface area contributed by atoms with E-state index in [1.54, 1.807) is 11.4 Å². The lowest BCUT2D eigenvalue weighted by molar-refractivity contribution is 0.455. The first-order valence-electron chi connectivity index (χ1n) is 3.37. The minimum atomic E-state index is 0.0313. The van der Waals surface area contributed by atoms with Crippen LogP contribution in [0.4, 0.5) is 5.69 Å². The van der Waals surface area contributed by atoms with Crippen LogP contribution in [0.1, 0.15) is 0 Å². The molecule has 3 nitrogen and oxygen atoms in total. The monoisotopic (exact) mass is 181 g/mol. The summed E-state index contributed by atoms with van der Waals surface area (Å²) in [5.74, 6) is 0.0885. The third kappa shape index (κ3) is 0.887. The van der Waals surface area contributed by atoms with E-state index in [2.05, 4.69) is 0 Å². The molecule has 0 bridgehead atoms. The fourth-order valence-electron chi connectivity index (χ4n) is 1.16. The Labute approximate surface area is 72.7 Å². The van der Waals surface area contributed by atoms with Gasteiger partial charge in [-0.1, -0.05) is 0 Å². The van der Waals surface area contributed by atoms with Crippen molar-refractivity contribution in [2.24, 2.45) is 0 Å². The van der Waals surface area contributed by atoms with Crippen LogP contribution in [-0.4, -0.2) is 10.2 Å². The van der Waals surface area contributed by atoms with Gasteiger partial charge in [-0.05, 0) is 6.07 Å². The minimum absolute atomic E-state index is 0.0313. The number of phenols is 2. The first-order chi connectivity index (χ1) is 5.68. The van der Waals surface area contributed by atoms with Gasteiger partial charge in [-0.25, -0.2) is 0 Å². The predicted octanol–water partition coefficient (Wildman–Crippen LogP) is 1.89. The Morgan fingerprint density at radius 3 is 2.75 bits per heavy atom. The van der Waals surface area contributed by atoms with E-state index < -0.39 is 0 Å². The largest absolute Gasteiger partial charge is 0.508 e. The van der Waals surface area contributed by atoms with E-state index in [1.807, 2.05) is 0 Å². The van der Waals surface area contributed by atoms with Gasteiger partial charge in [-0.2, -0.15) is 0 Å². The maximum Gasteiger partial charge on any atom is 0.130 e. The number of anilines is 1. The van der Waals surface area contributed by atoms with Crippen molar-refractivity contribution < 1.29 is 10.2 Å². The zero-order valence-corrected chi connectivity index (χ0v) is 6.93. The maximum atomic E-state index is 9.39. The van der Waals surface area contributed by atoms with Gasteiger partial charge >= 0.3 is 0 Å². The number of hydrogen-bond acceptors (Lipinski definition) is 4. The molecule has 62 valence electrons. The highest BCUT2D eigenvalue weighted by Gasteiger charge is 2.07. The quantitative estimate of drug-likeness (QED) is 0.581. The molecule has 0 aliphatic heterocycles. The van der Waals surface area contributed by atoms with E-state index in [0.717, 1.165) is 4.70 Å². The van der Waals surface area contributed by atoms with Crippen LogP contribution in [0.3, 0.4) is 0 Å². The van der Waals surface area contributed by atoms with Gasteiger partial charge in [-0.15, -0.1) is 11.3 Å². The molecule has 2 rings (SSSR count). The molecule has 0 atom stereocenters. The van der Waals surface area contributed by atoms with E-state index in [9.17, 15) is 5.11 Å². The predicted molar refractivity (Wildman–Crippen MR) is 49.6 cm³/mol. The fourth-order valence-corrected chi connectivity index (χ4v) is 2.06. The van der Waals surface area contributed by atoms with Crippen molar-refractivity contribution in [2.75, 3.05) is 5.73 Å². The summed E-state index contributed by atoms with van der Waals surface area (Å²) >= 11 is 1.40. The Bertz CT molecular complexity index is 436. The zero-order valence-electron chi connectivity index (χ0n) is 6.11. The van der Waals surface area contributed by atoms with Gasteiger partial charge in [0.15, 0.2) is 0 Å². The van der Waals surface area contributed by atoms with Gasteiger partial charge in [0.05, 0.1) is 11.1 Å². The highest BCUT2D eigenvalue weighted by atomic mass is 32.1. The second kappa shape index (κ2) is 2.28. The summed E-state index contributed by atoms with van der Waals surface area (Å²) in [6.45, 7) is 0. The van der Waals surface area contributed by atoms with Crippen LogP contribution >= 0.6 is 11.3 Å². The molecule has 0 aliphatic rings. The smallest absolute Gasteiger partial charge is 0.130 e. The van der Waals surface area contributed by atoms with Crippen molar-refractivity contribution in [1.82, 2.24) is 0 Å². The van der Waals surface area contributed by atoms with Crippen molar-refractivity contribution in [1.29, 1.82) is 0 Å². The van der Waals surface area contributed by atoms with Gasteiger partial charge in [0.25, 0.3) is 0 Å². The van der Waals surface area contributed by atoms with Gasteiger partial charge in [0.1, 0.15) is 11.5 Å². The molecule has 0 saturated heterocycles. The number of nitrogen functional groups attached to an aromatic ring is 1. The van der Waals surface area contributed by atoms with Gasteiger partial charge in [0, 0.05) is 16.1 Å². The average Bonchev–Trinajstić information content (AvgIpc) is 2.31. The molecule has 0 spiro atoms. The van der Waals surface area contributed by atoms with Crippen molar-refractivity contribution in [3.8, 4) is 11.5 Å². The summed E-state index contributed by atoms with van der Waals surface area (Å²) in [7, 11) is 0. The molecule has 1 heterocycles. The van der Waals surface area contributed by atoms with Crippen LogP contribution in [0.5, 0.6) is 11.5 Å². The third-order valence-corrected chi connectivity index (χ3v) is 2.62. The number of rotatable bonds is 0. The SMILES string of the molecule is Nc1csc2cc(O)cc(O)c12. The lowest BCUT2D eigenvalue weighted by Crippen LogP contribution is -1.80. The summed E-state index contributed by atoms with van der Waals surface area (Å²) in [4.78, 5) is 0. The summed E-state index contributed by atoms with van der Waals surface area (Å²) < 4.78 is 0.796. The van der Waals surface area contributed by atoms with Crippen molar-refractivity contribution in [3.05, 3.63) is 17.5 Å². The molecule has 4 N–H and O–H groups in total. The summed E-state index contributed by atoms with van der Waals surface area (Å²) in [5.41, 5.74) is 6.14. The first-order valence-corrected chi connectivity index (χ1v) is 4.25. The lowest BCUT2D eigenvalue weighted by Gasteiger charge is -1.97. The molecule has 2 aromatic rings. The summed E-state index contributed by atoms with van der Waals surface area (Å²) in [5, 5.41) is 20.9. The minimum Gasteiger partial charge on any atom is -0.508 e. The Morgan fingerprint density at radius 2 is 2.00 bits per heavy atom. The van der Waals surface area contributed by atoms with E-state index in [-0.39, 0.29) is 11.5 Å². The Kier molecular flexibility index (Phi) is 1.38. The second-order valence-electron chi connectivity index (χ2n) is 2.53. The molecular formula is C8H7NO2S. The molecule has 0 aliphatic carbocycles. The number of thiophene rings is 1. The van der Waals surface area contributed by atoms with E-state index in [0.29, 0.717) is 11.1 Å². The first kappa shape index (κ1) is 7.24. The van der Waals surface area contributed by atoms with E-state index in [4.69, 9.17) is 10.8 Å². The second-order valence-corrected chi connectivity index (χ2v) is 3.44. The fraction of sp³-hybridized carbons (Fsp3) is 0. The molecule has 0 radical (unpaired) electrons. The Balaban J connectivity index is 2.93. The molecule has 1 aromatic carbocycles. The molecule has 0 amide bonds. The number of hydrogen-bond donors (Lipinski definition) is 3. The standard InChI is InChI=1S/C8H7NO2S/c9-5-3-12-7-2-4(10)1-6(11)8(5)7/h1-3,10-11H,9H2. The summed E-state index contributed by atoms with van der Waals surface area (Å²) in [6, 6.07) is 2.86. The highest BCUT2D eigenvalue weighted by molar-refractivity contribution is 7.17. The van der Waals surface area contributed by atoms with Crippen LogP contribution in [0, 0.1) is 0 Å². The molecule has 0 saturated carbocycles. The van der Waals surface area contributed by atoms with Crippen LogP contribution in [0.15, 0.2) is 17.5 Å². The normalized spacial score (nSPS) is 10.7. The van der Waals surface area contributed by atoms with Gasteiger partial charge in [0.2, 0.25) is 0 Å². The number of phenolic OH excluding ortho intramolecular Hbond substituents is 2. The number of benzene rings is 1. The maximum absolute atomic E-state index is 9.39. The van der Waals surface area contributed by atoms with Gasteiger partial charge in [-0.3, -0.25) is 0 Å². The molecule has 0 unspecified atom stereocenters. The van der Waals surface area contributed by atoms with Crippen molar-refractivity contribution >= 4 is 27.1 Å². The van der Waals surface area contributed by atoms with E-state index in [1.165, 1.54) is 17.4 Å². The third-order valence-electron chi connectivity index (χ3n) is 1.67.